The first-order valence-electron chi connectivity index (χ1n) is 9.37. The standard InChI is InChI=1S/C23H16ClN5S/c24-18-6-9-20(10-7-18)29-22(17-11-13-25-14-12-17)27-28-23(29)30-15-19-8-5-16-3-1-2-4-21(16)26-19/h1-14H,15H2. The number of nitrogens with zero attached hydrogens (tertiary/aromatic N) is 5. The Hall–Kier alpha value is -3.22. The summed E-state index contributed by atoms with van der Waals surface area (Å²) >= 11 is 7.70. The van der Waals surface area contributed by atoms with Crippen molar-refractivity contribution in [1.29, 1.82) is 0 Å². The smallest absolute Gasteiger partial charge is 0.196 e. The molecule has 2 aromatic carbocycles. The minimum absolute atomic E-state index is 0.687. The number of halogens is 1. The van der Waals surface area contributed by atoms with Crippen LogP contribution in [-0.4, -0.2) is 24.7 Å². The van der Waals surface area contributed by atoms with Gasteiger partial charge in [0.1, 0.15) is 0 Å². The van der Waals surface area contributed by atoms with E-state index in [1.54, 1.807) is 24.2 Å². The van der Waals surface area contributed by atoms with Crippen LogP contribution < -0.4 is 0 Å². The second-order valence-electron chi connectivity index (χ2n) is 6.64. The molecule has 0 saturated carbocycles. The first kappa shape index (κ1) is 18.8. The third-order valence-corrected chi connectivity index (χ3v) is 5.88. The zero-order valence-electron chi connectivity index (χ0n) is 15.8. The lowest BCUT2D eigenvalue weighted by molar-refractivity contribution is 0.885. The molecule has 30 heavy (non-hydrogen) atoms. The molecular formula is C23H16ClN5S. The topological polar surface area (TPSA) is 56.5 Å². The summed E-state index contributed by atoms with van der Waals surface area (Å²) in [4.78, 5) is 8.87. The number of rotatable bonds is 5. The Labute approximate surface area is 182 Å². The normalized spacial score (nSPS) is 11.1. The van der Waals surface area contributed by atoms with Crippen molar-refractivity contribution in [3.63, 3.8) is 0 Å². The van der Waals surface area contributed by atoms with E-state index in [1.807, 2.05) is 59.2 Å². The lowest BCUT2D eigenvalue weighted by Crippen LogP contribution is -2.00. The fraction of sp³-hybridized carbons (Fsp3) is 0.0435. The molecule has 0 radical (unpaired) electrons. The van der Waals surface area contributed by atoms with Gasteiger partial charge in [0.25, 0.3) is 0 Å². The van der Waals surface area contributed by atoms with Gasteiger partial charge in [-0.25, -0.2) is 0 Å². The number of benzene rings is 2. The van der Waals surface area contributed by atoms with Gasteiger partial charge in [0.2, 0.25) is 0 Å². The van der Waals surface area contributed by atoms with E-state index < -0.39 is 0 Å². The van der Waals surface area contributed by atoms with Gasteiger partial charge in [0.05, 0.1) is 11.2 Å². The van der Waals surface area contributed by atoms with Crippen molar-refractivity contribution < 1.29 is 0 Å². The van der Waals surface area contributed by atoms with Crippen molar-refractivity contribution >= 4 is 34.3 Å². The molecule has 0 unspecified atom stereocenters. The fourth-order valence-corrected chi connectivity index (χ4v) is 4.18. The molecule has 0 aliphatic carbocycles. The molecular weight excluding hydrogens is 414 g/mol. The minimum atomic E-state index is 0.687. The van der Waals surface area contributed by atoms with Crippen LogP contribution >= 0.6 is 23.4 Å². The average molecular weight is 430 g/mol. The highest BCUT2D eigenvalue weighted by atomic mass is 35.5. The summed E-state index contributed by atoms with van der Waals surface area (Å²) in [6.45, 7) is 0. The maximum atomic E-state index is 6.10. The van der Waals surface area contributed by atoms with Gasteiger partial charge in [0, 0.05) is 39.8 Å². The van der Waals surface area contributed by atoms with Crippen molar-refractivity contribution in [2.24, 2.45) is 0 Å². The van der Waals surface area contributed by atoms with Crippen LogP contribution in [0.25, 0.3) is 28.0 Å². The summed E-state index contributed by atoms with van der Waals surface area (Å²) < 4.78 is 2.04. The van der Waals surface area contributed by atoms with E-state index in [2.05, 4.69) is 33.4 Å². The average Bonchev–Trinajstić information content (AvgIpc) is 3.22. The van der Waals surface area contributed by atoms with Crippen molar-refractivity contribution in [2.75, 3.05) is 0 Å². The third-order valence-electron chi connectivity index (χ3n) is 4.66. The SMILES string of the molecule is Clc1ccc(-n2c(SCc3ccc4ccccc4n3)nnc2-c2ccncc2)cc1. The van der Waals surface area contributed by atoms with E-state index in [0.29, 0.717) is 10.8 Å². The molecule has 146 valence electrons. The fourth-order valence-electron chi connectivity index (χ4n) is 3.20. The number of pyridine rings is 2. The highest BCUT2D eigenvalue weighted by Gasteiger charge is 2.16. The molecule has 0 bridgehead atoms. The Bertz CT molecular complexity index is 1300. The molecule has 0 aliphatic rings. The van der Waals surface area contributed by atoms with E-state index in [4.69, 9.17) is 16.6 Å². The first-order chi connectivity index (χ1) is 14.8. The second kappa shape index (κ2) is 8.26. The molecule has 3 heterocycles. The van der Waals surface area contributed by atoms with Gasteiger partial charge in [-0.05, 0) is 48.5 Å². The van der Waals surface area contributed by atoms with Crippen LogP contribution in [0.5, 0.6) is 0 Å². The number of aromatic nitrogens is 5. The molecule has 0 saturated heterocycles. The molecule has 3 aromatic heterocycles. The predicted molar refractivity (Wildman–Crippen MR) is 121 cm³/mol. The van der Waals surface area contributed by atoms with E-state index >= 15 is 0 Å². The van der Waals surface area contributed by atoms with Crippen LogP contribution in [0.4, 0.5) is 0 Å². The van der Waals surface area contributed by atoms with Crippen molar-refractivity contribution in [2.45, 2.75) is 10.9 Å². The monoisotopic (exact) mass is 429 g/mol. The summed E-state index contributed by atoms with van der Waals surface area (Å²) in [6, 6.07) is 23.8. The van der Waals surface area contributed by atoms with Crippen molar-refractivity contribution in [3.05, 3.63) is 95.9 Å². The van der Waals surface area contributed by atoms with Crippen LogP contribution in [0.1, 0.15) is 5.69 Å². The zero-order valence-corrected chi connectivity index (χ0v) is 17.4. The Morgan fingerprint density at radius 3 is 2.47 bits per heavy atom. The lowest BCUT2D eigenvalue weighted by atomic mass is 10.2. The molecule has 0 fully saturated rings. The van der Waals surface area contributed by atoms with E-state index in [1.165, 1.54) is 0 Å². The van der Waals surface area contributed by atoms with E-state index in [0.717, 1.165) is 38.8 Å². The molecule has 7 heteroatoms. The largest absolute Gasteiger partial charge is 0.270 e. The summed E-state index contributed by atoms with van der Waals surface area (Å²) in [7, 11) is 0. The highest BCUT2D eigenvalue weighted by Crippen LogP contribution is 2.30. The maximum Gasteiger partial charge on any atom is 0.196 e. The predicted octanol–water partition coefficient (Wildman–Crippen LogP) is 5.82. The van der Waals surface area contributed by atoms with Gasteiger partial charge in [-0.1, -0.05) is 47.6 Å². The van der Waals surface area contributed by atoms with Crippen molar-refractivity contribution in [3.8, 4) is 17.1 Å². The molecule has 0 aliphatic heterocycles. The van der Waals surface area contributed by atoms with Gasteiger partial charge in [-0.2, -0.15) is 0 Å². The second-order valence-corrected chi connectivity index (χ2v) is 8.02. The molecule has 0 N–H and O–H groups in total. The Morgan fingerprint density at radius 2 is 1.63 bits per heavy atom. The first-order valence-corrected chi connectivity index (χ1v) is 10.7. The van der Waals surface area contributed by atoms with Crippen LogP contribution in [0.3, 0.4) is 0 Å². The maximum absolute atomic E-state index is 6.10. The van der Waals surface area contributed by atoms with Crippen molar-refractivity contribution in [1.82, 2.24) is 24.7 Å². The van der Waals surface area contributed by atoms with E-state index in [-0.39, 0.29) is 0 Å². The molecule has 5 nitrogen and oxygen atoms in total. The highest BCUT2D eigenvalue weighted by molar-refractivity contribution is 7.98. The van der Waals surface area contributed by atoms with E-state index in [9.17, 15) is 0 Å². The van der Waals surface area contributed by atoms with Gasteiger partial charge in [-0.15, -0.1) is 10.2 Å². The van der Waals surface area contributed by atoms with Crippen LogP contribution in [0.15, 0.2) is 90.3 Å². The zero-order chi connectivity index (χ0) is 20.3. The number of thioether (sulfide) groups is 1. The Morgan fingerprint density at radius 1 is 0.833 bits per heavy atom. The summed E-state index contributed by atoms with van der Waals surface area (Å²) in [5.74, 6) is 1.45. The van der Waals surface area contributed by atoms with Crippen LogP contribution in [0.2, 0.25) is 5.02 Å². The number of hydrogen-bond acceptors (Lipinski definition) is 5. The number of fused-ring (bicyclic) bond motifs is 1. The molecule has 0 atom stereocenters. The molecule has 0 amide bonds. The van der Waals surface area contributed by atoms with Gasteiger partial charge >= 0.3 is 0 Å². The Kier molecular flexibility index (Phi) is 5.17. The number of para-hydroxylation sites is 1. The lowest BCUT2D eigenvalue weighted by Gasteiger charge is -2.10. The summed E-state index contributed by atoms with van der Waals surface area (Å²) in [5.41, 5.74) is 3.88. The van der Waals surface area contributed by atoms with Gasteiger partial charge in [0.15, 0.2) is 11.0 Å². The third kappa shape index (κ3) is 3.79. The minimum Gasteiger partial charge on any atom is -0.270 e. The quantitative estimate of drug-likeness (QED) is 0.329. The summed E-state index contributed by atoms with van der Waals surface area (Å²) in [6.07, 6.45) is 3.50. The van der Waals surface area contributed by atoms with Crippen LogP contribution in [0, 0.1) is 0 Å². The number of hydrogen-bond donors (Lipinski definition) is 0. The molecule has 0 spiro atoms. The van der Waals surface area contributed by atoms with Gasteiger partial charge < -0.3 is 0 Å². The Balaban J connectivity index is 1.51. The molecule has 5 rings (SSSR count). The summed E-state index contributed by atoms with van der Waals surface area (Å²) in [5, 5.41) is 11.5. The molecule has 5 aromatic rings. The van der Waals surface area contributed by atoms with Crippen LogP contribution in [-0.2, 0) is 5.75 Å². The van der Waals surface area contributed by atoms with Gasteiger partial charge in [-0.3, -0.25) is 14.5 Å².